The Balaban J connectivity index is 1.60. The van der Waals surface area contributed by atoms with Crippen LogP contribution in [0.15, 0.2) is 29.2 Å². The Hall–Kier alpha value is -2.68. The molecule has 3 aromatic rings. The molecule has 28 heavy (non-hydrogen) atoms. The molecule has 0 saturated carbocycles. The van der Waals surface area contributed by atoms with Gasteiger partial charge in [-0.15, -0.1) is 11.3 Å². The third-order valence-electron chi connectivity index (χ3n) is 4.65. The second-order valence-corrected chi connectivity index (χ2v) is 7.35. The van der Waals surface area contributed by atoms with Crippen molar-refractivity contribution in [2.75, 3.05) is 18.1 Å². The van der Waals surface area contributed by atoms with Gasteiger partial charge in [-0.2, -0.15) is 4.98 Å². The maximum absolute atomic E-state index is 12.5. The topological polar surface area (TPSA) is 64.0 Å². The summed E-state index contributed by atoms with van der Waals surface area (Å²) in [5, 5.41) is 1.93. The molecule has 0 N–H and O–H groups in total. The molecule has 0 spiro atoms. The van der Waals surface area contributed by atoms with E-state index in [1.807, 2.05) is 24.6 Å². The van der Waals surface area contributed by atoms with Crippen LogP contribution in [0.3, 0.4) is 0 Å². The van der Waals surface area contributed by atoms with Gasteiger partial charge in [-0.25, -0.2) is 23.7 Å². The van der Waals surface area contributed by atoms with E-state index in [9.17, 15) is 8.78 Å². The lowest BCUT2D eigenvalue weighted by Gasteiger charge is -2.35. The average molecular weight is 403 g/mol. The summed E-state index contributed by atoms with van der Waals surface area (Å²) < 4.78 is 30.0. The zero-order valence-corrected chi connectivity index (χ0v) is 16.3. The molecule has 0 amide bonds. The summed E-state index contributed by atoms with van der Waals surface area (Å²) in [6.45, 7) is 4.01. The molecule has 0 aromatic carbocycles. The number of pyridine rings is 1. The number of fused-ring (bicyclic) bond motifs is 1. The number of ether oxygens (including phenoxy) is 1. The molecule has 4 heterocycles. The molecular weight excluding hydrogens is 384 g/mol. The smallest absolute Gasteiger partial charge is 0.272 e. The maximum atomic E-state index is 12.5. The quantitative estimate of drug-likeness (QED) is 0.640. The van der Waals surface area contributed by atoms with Gasteiger partial charge in [0.25, 0.3) is 6.43 Å². The first-order chi connectivity index (χ1) is 13.5. The summed E-state index contributed by atoms with van der Waals surface area (Å²) in [5.74, 6) is 1.55. The normalized spacial score (nSPS) is 16.3. The van der Waals surface area contributed by atoms with Gasteiger partial charge in [0.2, 0.25) is 5.88 Å². The van der Waals surface area contributed by atoms with Crippen LogP contribution in [0.25, 0.3) is 11.5 Å². The summed E-state index contributed by atoms with van der Waals surface area (Å²) >= 11 is 1.51. The Bertz CT molecular complexity index is 967. The minimum absolute atomic E-state index is 0.00508. The molecule has 3 aromatic heterocycles. The SMILES string of the molecule is Cc1cc(OCC(F)F)nc(N2CCc3nc(-c4cscn4)ncc3C2C)c1. The van der Waals surface area contributed by atoms with Crippen molar-refractivity contribution in [1.29, 1.82) is 0 Å². The van der Waals surface area contributed by atoms with Gasteiger partial charge in [0.05, 0.1) is 17.2 Å². The average Bonchev–Trinajstić information content (AvgIpc) is 3.21. The Morgan fingerprint density at radius 1 is 1.29 bits per heavy atom. The second kappa shape index (κ2) is 7.75. The van der Waals surface area contributed by atoms with Gasteiger partial charge < -0.3 is 9.64 Å². The van der Waals surface area contributed by atoms with Crippen molar-refractivity contribution in [3.05, 3.63) is 46.0 Å². The van der Waals surface area contributed by atoms with Crippen molar-refractivity contribution in [3.63, 3.8) is 0 Å². The van der Waals surface area contributed by atoms with Crippen molar-refractivity contribution in [2.24, 2.45) is 0 Å². The molecular formula is C19H19F2N5OS. The standard InChI is InChI=1S/C19H19F2N5OS/c1-11-5-17(25-18(6-11)27-8-16(20)21)26-4-3-14-13(12(26)2)7-22-19(24-14)15-9-28-10-23-15/h5-7,9-10,12,16H,3-4,8H2,1-2H3. The number of halogens is 2. The molecule has 0 aliphatic carbocycles. The third kappa shape index (κ3) is 3.80. The fourth-order valence-electron chi connectivity index (χ4n) is 3.31. The number of thiazole rings is 1. The number of hydrogen-bond acceptors (Lipinski definition) is 7. The molecule has 0 bridgehead atoms. The van der Waals surface area contributed by atoms with E-state index in [1.165, 1.54) is 11.3 Å². The molecule has 0 fully saturated rings. The number of aryl methyl sites for hydroxylation is 1. The molecule has 146 valence electrons. The van der Waals surface area contributed by atoms with E-state index < -0.39 is 13.0 Å². The molecule has 1 aliphatic rings. The van der Waals surface area contributed by atoms with E-state index in [0.717, 1.165) is 28.9 Å². The lowest BCUT2D eigenvalue weighted by Crippen LogP contribution is -2.35. The molecule has 1 aliphatic heterocycles. The fraction of sp³-hybridized carbons (Fsp3) is 0.368. The zero-order chi connectivity index (χ0) is 19.7. The minimum Gasteiger partial charge on any atom is -0.472 e. The third-order valence-corrected chi connectivity index (χ3v) is 5.24. The van der Waals surface area contributed by atoms with Crippen molar-refractivity contribution in [1.82, 2.24) is 19.9 Å². The number of nitrogens with zero attached hydrogens (tertiary/aromatic N) is 5. The highest BCUT2D eigenvalue weighted by molar-refractivity contribution is 7.07. The number of anilines is 1. The van der Waals surface area contributed by atoms with Crippen LogP contribution in [0.2, 0.25) is 0 Å². The summed E-state index contributed by atoms with van der Waals surface area (Å²) in [6.07, 6.45) is 0.0515. The number of hydrogen-bond donors (Lipinski definition) is 0. The minimum atomic E-state index is -2.53. The largest absolute Gasteiger partial charge is 0.472 e. The van der Waals surface area contributed by atoms with Crippen LogP contribution in [0, 0.1) is 6.92 Å². The Labute approximate surface area is 165 Å². The van der Waals surface area contributed by atoms with E-state index in [4.69, 9.17) is 9.72 Å². The highest BCUT2D eigenvalue weighted by Gasteiger charge is 2.27. The van der Waals surface area contributed by atoms with Crippen molar-refractivity contribution in [2.45, 2.75) is 32.7 Å². The van der Waals surface area contributed by atoms with Crippen LogP contribution in [0.4, 0.5) is 14.6 Å². The molecule has 1 atom stereocenters. The molecule has 6 nitrogen and oxygen atoms in total. The molecule has 0 saturated heterocycles. The number of alkyl halides is 2. The maximum Gasteiger partial charge on any atom is 0.272 e. The first-order valence-electron chi connectivity index (χ1n) is 8.92. The van der Waals surface area contributed by atoms with Crippen LogP contribution < -0.4 is 9.64 Å². The summed E-state index contributed by atoms with van der Waals surface area (Å²) in [4.78, 5) is 20.0. The Morgan fingerprint density at radius 2 is 2.14 bits per heavy atom. The van der Waals surface area contributed by atoms with E-state index in [0.29, 0.717) is 18.2 Å². The Morgan fingerprint density at radius 3 is 2.89 bits per heavy atom. The van der Waals surface area contributed by atoms with Gasteiger partial charge in [0.1, 0.15) is 11.5 Å². The van der Waals surface area contributed by atoms with Crippen LogP contribution in [0.1, 0.15) is 29.8 Å². The van der Waals surface area contributed by atoms with Gasteiger partial charge in [0.15, 0.2) is 12.4 Å². The highest BCUT2D eigenvalue weighted by atomic mass is 32.1. The lowest BCUT2D eigenvalue weighted by molar-refractivity contribution is 0.0796. The summed E-state index contributed by atoms with van der Waals surface area (Å²) in [6, 6.07) is 3.60. The van der Waals surface area contributed by atoms with Gasteiger partial charge in [-0.05, 0) is 25.5 Å². The van der Waals surface area contributed by atoms with E-state index in [2.05, 4.69) is 26.8 Å². The molecule has 1 unspecified atom stereocenters. The van der Waals surface area contributed by atoms with Gasteiger partial charge in [-0.1, -0.05) is 0 Å². The van der Waals surface area contributed by atoms with Crippen LogP contribution in [0.5, 0.6) is 5.88 Å². The van der Waals surface area contributed by atoms with Gasteiger partial charge in [-0.3, -0.25) is 0 Å². The van der Waals surface area contributed by atoms with Gasteiger partial charge in [0, 0.05) is 36.2 Å². The van der Waals surface area contributed by atoms with E-state index in [1.54, 1.807) is 11.6 Å². The van der Waals surface area contributed by atoms with Gasteiger partial charge >= 0.3 is 0 Å². The van der Waals surface area contributed by atoms with Crippen LogP contribution in [-0.2, 0) is 6.42 Å². The fourth-order valence-corrected chi connectivity index (χ4v) is 3.84. The first-order valence-corrected chi connectivity index (χ1v) is 9.86. The van der Waals surface area contributed by atoms with Crippen molar-refractivity contribution in [3.8, 4) is 17.4 Å². The number of aromatic nitrogens is 4. The zero-order valence-electron chi connectivity index (χ0n) is 15.5. The second-order valence-electron chi connectivity index (χ2n) is 6.63. The van der Waals surface area contributed by atoms with Crippen LogP contribution in [-0.4, -0.2) is 39.5 Å². The highest BCUT2D eigenvalue weighted by Crippen LogP contribution is 2.33. The number of rotatable bonds is 5. The van der Waals surface area contributed by atoms with E-state index >= 15 is 0 Å². The van der Waals surface area contributed by atoms with Crippen molar-refractivity contribution >= 4 is 17.2 Å². The predicted octanol–water partition coefficient (Wildman–Crippen LogP) is 4.07. The molecule has 0 radical (unpaired) electrons. The molecule has 4 rings (SSSR count). The van der Waals surface area contributed by atoms with Crippen LogP contribution >= 0.6 is 11.3 Å². The summed E-state index contributed by atoms with van der Waals surface area (Å²) in [7, 11) is 0. The molecule has 9 heteroatoms. The lowest BCUT2D eigenvalue weighted by atomic mass is 9.99. The van der Waals surface area contributed by atoms with E-state index in [-0.39, 0.29) is 11.9 Å². The first kappa shape index (κ1) is 18.7. The predicted molar refractivity (Wildman–Crippen MR) is 103 cm³/mol. The van der Waals surface area contributed by atoms with Crippen molar-refractivity contribution < 1.29 is 13.5 Å². The Kier molecular flexibility index (Phi) is 5.17. The monoisotopic (exact) mass is 403 g/mol. The summed E-state index contributed by atoms with van der Waals surface area (Å²) in [5.41, 5.74) is 5.48.